The Kier molecular flexibility index (Phi) is 17.1. The van der Waals surface area contributed by atoms with E-state index in [4.69, 9.17) is 28.4 Å². The van der Waals surface area contributed by atoms with Crippen LogP contribution in [0.15, 0.2) is 133 Å². The zero-order valence-corrected chi connectivity index (χ0v) is 35.0. The molecule has 0 aromatic heterocycles. The second kappa shape index (κ2) is 22.1. The Hall–Kier alpha value is -4.35. The van der Waals surface area contributed by atoms with Crippen molar-refractivity contribution in [2.24, 2.45) is 5.41 Å². The van der Waals surface area contributed by atoms with Gasteiger partial charge in [-0.15, -0.1) is 0 Å². The smallest absolute Gasteiger partial charge is 0.407 e. The number of carbonyl (C=O) groups excluding carboxylic acids is 1. The van der Waals surface area contributed by atoms with E-state index in [1.807, 2.05) is 148 Å². The van der Waals surface area contributed by atoms with Gasteiger partial charge in [0.05, 0.1) is 51.3 Å². The fourth-order valence-electron chi connectivity index (χ4n) is 6.76. The van der Waals surface area contributed by atoms with Crippen molar-refractivity contribution >= 4 is 6.09 Å². The maximum Gasteiger partial charge on any atom is 0.407 e. The number of aliphatic hydroxyl groups excluding tert-OH is 1. The predicted octanol–water partition coefficient (Wildman–Crippen LogP) is 9.36. The van der Waals surface area contributed by atoms with Crippen molar-refractivity contribution in [2.75, 3.05) is 6.61 Å². The van der Waals surface area contributed by atoms with Crippen LogP contribution < -0.4 is 5.32 Å². The molecule has 1 saturated heterocycles. The monoisotopic (exact) mass is 793 g/mol. The van der Waals surface area contributed by atoms with Crippen LogP contribution in [0.25, 0.3) is 0 Å². The molecule has 0 bridgehead atoms. The SMILES string of the molecule is CC(C)(C)C/C=C/[C@@H](O)[C@H](C[C@H]1O[C@H](COCc2ccccc2)[C@H](OCc2ccccc2)[C@H](OCc2ccccc2)[C@H]1OCc1ccccc1)NC(=O)OC(C)(C)C. The number of amides is 1. The first-order valence-electron chi connectivity index (χ1n) is 20.4. The van der Waals surface area contributed by atoms with Crippen molar-refractivity contribution in [1.82, 2.24) is 5.32 Å². The van der Waals surface area contributed by atoms with Gasteiger partial charge in [-0.1, -0.05) is 154 Å². The summed E-state index contributed by atoms with van der Waals surface area (Å²) < 4.78 is 39.7. The summed E-state index contributed by atoms with van der Waals surface area (Å²) in [5.74, 6) is 0. The second-order valence-electron chi connectivity index (χ2n) is 17.2. The van der Waals surface area contributed by atoms with Gasteiger partial charge < -0.3 is 38.8 Å². The fraction of sp³-hybridized carbons (Fsp3) is 0.449. The summed E-state index contributed by atoms with van der Waals surface area (Å²) in [6.45, 7) is 13.3. The molecule has 58 heavy (non-hydrogen) atoms. The summed E-state index contributed by atoms with van der Waals surface area (Å²) in [5.41, 5.74) is 3.28. The van der Waals surface area contributed by atoms with E-state index in [9.17, 15) is 9.90 Å². The predicted molar refractivity (Wildman–Crippen MR) is 227 cm³/mol. The normalized spacial score (nSPS) is 21.1. The second-order valence-corrected chi connectivity index (χ2v) is 17.2. The molecule has 1 fully saturated rings. The van der Waals surface area contributed by atoms with E-state index in [0.717, 1.165) is 28.7 Å². The molecule has 312 valence electrons. The molecule has 1 aliphatic heterocycles. The number of hydrogen-bond donors (Lipinski definition) is 2. The minimum absolute atomic E-state index is 0.0121. The number of alkyl carbamates (subject to hydrolysis) is 1. The van der Waals surface area contributed by atoms with Gasteiger partial charge in [0.2, 0.25) is 0 Å². The third-order valence-corrected chi connectivity index (χ3v) is 9.64. The molecule has 1 heterocycles. The van der Waals surface area contributed by atoms with Crippen molar-refractivity contribution in [1.29, 1.82) is 0 Å². The molecule has 0 aliphatic carbocycles. The molecule has 7 atom stereocenters. The van der Waals surface area contributed by atoms with Crippen molar-refractivity contribution in [3.8, 4) is 0 Å². The maximum absolute atomic E-state index is 13.4. The molecule has 2 N–H and O–H groups in total. The van der Waals surface area contributed by atoms with Crippen LogP contribution in [0.1, 0.15) is 76.6 Å². The van der Waals surface area contributed by atoms with Crippen molar-refractivity contribution < 1.29 is 38.3 Å². The highest BCUT2D eigenvalue weighted by Crippen LogP contribution is 2.33. The van der Waals surface area contributed by atoms with E-state index >= 15 is 0 Å². The standard InChI is InChI=1S/C49H63NO8/c1-48(2,3)29-19-28-41(51)40(50-47(52)58-49(4,5)6)30-42-44(54-32-37-22-13-8-14-23-37)46(56-34-39-26-17-10-18-27-39)45(55-33-38-24-15-9-16-25-38)43(57-42)35-53-31-36-20-11-7-12-21-36/h7-28,40-46,51H,29-35H2,1-6H3,(H,50,52)/b28-19+/t40-,41+,42+,43+,44-,45-,46+/m0/s1. The average molecular weight is 794 g/mol. The Morgan fingerprint density at radius 3 is 1.53 bits per heavy atom. The number of rotatable bonds is 19. The molecule has 4 aromatic rings. The van der Waals surface area contributed by atoms with Crippen molar-refractivity contribution in [3.05, 3.63) is 156 Å². The summed E-state index contributed by atoms with van der Waals surface area (Å²) in [6, 6.07) is 39.1. The highest BCUT2D eigenvalue weighted by Gasteiger charge is 2.49. The Bertz CT molecular complexity index is 1780. The lowest BCUT2D eigenvalue weighted by molar-refractivity contribution is -0.274. The van der Waals surface area contributed by atoms with Crippen LogP contribution in [0.4, 0.5) is 4.79 Å². The van der Waals surface area contributed by atoms with Gasteiger partial charge in [0.15, 0.2) is 0 Å². The molecule has 5 rings (SSSR count). The first kappa shape index (κ1) is 44.7. The lowest BCUT2D eigenvalue weighted by Gasteiger charge is -2.47. The van der Waals surface area contributed by atoms with Crippen LogP contribution in [0.5, 0.6) is 0 Å². The number of hydrogen-bond acceptors (Lipinski definition) is 8. The molecule has 0 saturated carbocycles. The number of ether oxygens (including phenoxy) is 6. The van der Waals surface area contributed by atoms with Crippen LogP contribution in [0.2, 0.25) is 0 Å². The maximum atomic E-state index is 13.4. The van der Waals surface area contributed by atoms with Crippen LogP contribution >= 0.6 is 0 Å². The van der Waals surface area contributed by atoms with Gasteiger partial charge in [0, 0.05) is 0 Å². The summed E-state index contributed by atoms with van der Waals surface area (Å²) in [5, 5.41) is 14.7. The summed E-state index contributed by atoms with van der Waals surface area (Å²) in [6.07, 6.45) is -0.332. The molecule has 9 nitrogen and oxygen atoms in total. The Morgan fingerprint density at radius 1 is 0.655 bits per heavy atom. The van der Waals surface area contributed by atoms with E-state index in [1.54, 1.807) is 6.08 Å². The number of benzene rings is 4. The van der Waals surface area contributed by atoms with Gasteiger partial charge in [-0.2, -0.15) is 0 Å². The fourth-order valence-corrected chi connectivity index (χ4v) is 6.76. The lowest BCUT2D eigenvalue weighted by Crippen LogP contribution is -2.62. The first-order chi connectivity index (χ1) is 27.8. The van der Waals surface area contributed by atoms with Gasteiger partial charge >= 0.3 is 6.09 Å². The zero-order valence-electron chi connectivity index (χ0n) is 35.0. The number of allylic oxidation sites excluding steroid dienone is 1. The third-order valence-electron chi connectivity index (χ3n) is 9.64. The molecule has 0 spiro atoms. The molecular weight excluding hydrogens is 731 g/mol. The quantitative estimate of drug-likeness (QED) is 0.0906. The average Bonchev–Trinajstić information content (AvgIpc) is 3.19. The minimum atomic E-state index is -1.06. The largest absolute Gasteiger partial charge is 0.444 e. The Labute approximate surface area is 345 Å². The zero-order chi connectivity index (χ0) is 41.4. The van der Waals surface area contributed by atoms with Crippen molar-refractivity contribution in [3.63, 3.8) is 0 Å². The molecular formula is C49H63NO8. The number of aliphatic hydroxyl groups is 1. The van der Waals surface area contributed by atoms with Gasteiger partial charge in [-0.3, -0.25) is 0 Å². The van der Waals surface area contributed by atoms with Crippen LogP contribution in [0, 0.1) is 5.41 Å². The van der Waals surface area contributed by atoms with Gasteiger partial charge in [0.25, 0.3) is 0 Å². The minimum Gasteiger partial charge on any atom is -0.444 e. The van der Waals surface area contributed by atoms with Crippen LogP contribution in [-0.4, -0.2) is 66.1 Å². The summed E-state index contributed by atoms with van der Waals surface area (Å²) >= 11 is 0. The Balaban J connectivity index is 1.53. The van der Waals surface area contributed by atoms with E-state index in [0.29, 0.717) is 19.8 Å². The van der Waals surface area contributed by atoms with Gasteiger partial charge in [0.1, 0.15) is 30.0 Å². The summed E-state index contributed by atoms with van der Waals surface area (Å²) in [4.78, 5) is 13.4. The van der Waals surface area contributed by atoms with E-state index in [1.165, 1.54) is 0 Å². The van der Waals surface area contributed by atoms with Gasteiger partial charge in [-0.25, -0.2) is 4.79 Å². The summed E-state index contributed by atoms with van der Waals surface area (Å²) in [7, 11) is 0. The molecule has 9 heteroatoms. The van der Waals surface area contributed by atoms with Crippen LogP contribution in [-0.2, 0) is 54.8 Å². The molecule has 1 amide bonds. The third kappa shape index (κ3) is 15.4. The molecule has 1 aliphatic rings. The van der Waals surface area contributed by atoms with E-state index in [2.05, 4.69) is 26.1 Å². The van der Waals surface area contributed by atoms with Crippen molar-refractivity contribution in [2.45, 2.75) is 129 Å². The molecule has 0 unspecified atom stereocenters. The number of nitrogens with one attached hydrogen (secondary N) is 1. The van der Waals surface area contributed by atoms with Crippen LogP contribution in [0.3, 0.4) is 0 Å². The van der Waals surface area contributed by atoms with Gasteiger partial charge in [-0.05, 0) is 61.3 Å². The van der Waals surface area contributed by atoms with E-state index in [-0.39, 0.29) is 25.0 Å². The molecule has 0 radical (unpaired) electrons. The number of carbonyl (C=O) groups is 1. The Morgan fingerprint density at radius 2 is 1.09 bits per heavy atom. The molecule has 4 aromatic carbocycles. The first-order valence-corrected chi connectivity index (χ1v) is 20.4. The van der Waals surface area contributed by atoms with E-state index < -0.39 is 54.4 Å². The topological polar surface area (TPSA) is 105 Å². The highest BCUT2D eigenvalue weighted by atomic mass is 16.6. The lowest BCUT2D eigenvalue weighted by atomic mass is 9.88. The highest BCUT2D eigenvalue weighted by molar-refractivity contribution is 5.68.